The van der Waals surface area contributed by atoms with Gasteiger partial charge in [-0.15, -0.1) is 16.4 Å². The van der Waals surface area contributed by atoms with Gasteiger partial charge in [-0.3, -0.25) is 14.4 Å². The van der Waals surface area contributed by atoms with Crippen LogP contribution in [0.15, 0.2) is 55.3 Å². The fourth-order valence-electron chi connectivity index (χ4n) is 6.24. The number of benzene rings is 1. The summed E-state index contributed by atoms with van der Waals surface area (Å²) in [6, 6.07) is 8.28. The van der Waals surface area contributed by atoms with Gasteiger partial charge in [-0.05, 0) is 49.6 Å². The van der Waals surface area contributed by atoms with Crippen LogP contribution in [0.1, 0.15) is 63.8 Å². The van der Waals surface area contributed by atoms with Crippen molar-refractivity contribution in [1.82, 2.24) is 25.8 Å². The molecular weight excluding hydrogens is 580 g/mol. The summed E-state index contributed by atoms with van der Waals surface area (Å²) in [5.41, 5.74) is 20.6. The molecule has 12 nitrogen and oxygen atoms in total. The van der Waals surface area contributed by atoms with E-state index in [1.54, 1.807) is 43.3 Å². The first-order chi connectivity index (χ1) is 21.1. The number of nitrogens with zero attached hydrogens (tertiary/aromatic N) is 3. The number of thiophene rings is 1. The first-order valence-electron chi connectivity index (χ1n) is 14.2. The second-order valence-electron chi connectivity index (χ2n) is 11.0. The number of hydrogen-bond acceptors (Lipinski definition) is 11. The number of carbonyl (C=O) groups is 3. The maximum Gasteiger partial charge on any atom is 0.262 e. The Bertz CT molecular complexity index is 1810. The van der Waals surface area contributed by atoms with Gasteiger partial charge in [-0.25, -0.2) is 4.98 Å². The predicted octanol–water partition coefficient (Wildman–Crippen LogP) is 2.90. The van der Waals surface area contributed by atoms with Gasteiger partial charge < -0.3 is 32.6 Å². The summed E-state index contributed by atoms with van der Waals surface area (Å²) in [4.78, 5) is 44.9. The summed E-state index contributed by atoms with van der Waals surface area (Å²) in [7, 11) is 0. The smallest absolute Gasteiger partial charge is 0.262 e. The number of rotatable bonds is 7. The minimum Gasteiger partial charge on any atom is -0.419 e. The molecule has 8 N–H and O–H groups in total. The number of carbonyl (C=O) groups excluding carboxylic acids is 3. The zero-order chi connectivity index (χ0) is 31.2. The summed E-state index contributed by atoms with van der Waals surface area (Å²) >= 11 is 1.18. The number of aromatic nitrogens is 3. The van der Waals surface area contributed by atoms with Gasteiger partial charge in [0.05, 0.1) is 15.6 Å². The van der Waals surface area contributed by atoms with Crippen molar-refractivity contribution in [3.05, 3.63) is 82.5 Å². The van der Waals surface area contributed by atoms with Crippen LogP contribution in [-0.2, 0) is 15.1 Å². The zero-order valence-electron chi connectivity index (χ0n) is 24.0. The van der Waals surface area contributed by atoms with Crippen molar-refractivity contribution >= 4 is 44.7 Å². The molecule has 3 aromatic heterocycles. The fraction of sp³-hybridized carbons (Fsp3) is 0.290. The molecule has 0 saturated heterocycles. The summed E-state index contributed by atoms with van der Waals surface area (Å²) in [6.07, 6.45) is 6.01. The molecular formula is C31H32N8O4S. The van der Waals surface area contributed by atoms with E-state index in [0.29, 0.717) is 49.5 Å². The van der Waals surface area contributed by atoms with E-state index in [1.165, 1.54) is 23.6 Å². The molecule has 226 valence electrons. The number of nitrogen functional groups attached to an aromatic ring is 1. The average Bonchev–Trinajstić information content (AvgIpc) is 3.43. The van der Waals surface area contributed by atoms with Crippen molar-refractivity contribution in [2.45, 2.75) is 56.3 Å². The van der Waals surface area contributed by atoms with Crippen LogP contribution < -0.4 is 32.6 Å². The number of amides is 2. The van der Waals surface area contributed by atoms with Gasteiger partial charge in [-0.1, -0.05) is 25.5 Å². The highest BCUT2D eigenvalue weighted by Gasteiger charge is 2.49. The molecule has 0 bridgehead atoms. The number of Topliss-reactive ketones (excluding diaryl/α,β-unsaturated/α-hetero) is 1. The second kappa shape index (κ2) is 11.4. The molecule has 4 aromatic rings. The Balaban J connectivity index is 1.40. The normalized spacial score (nSPS) is 22.8. The largest absolute Gasteiger partial charge is 0.419 e. The van der Waals surface area contributed by atoms with E-state index in [-0.39, 0.29) is 35.7 Å². The van der Waals surface area contributed by atoms with Crippen LogP contribution in [0.2, 0.25) is 0 Å². The number of ether oxygens (including phenoxy) is 1. The molecule has 0 spiro atoms. The minimum atomic E-state index is -1.67. The monoisotopic (exact) mass is 612 g/mol. The van der Waals surface area contributed by atoms with E-state index in [0.717, 1.165) is 19.3 Å². The average molecular weight is 613 g/mol. The Labute approximate surface area is 257 Å². The Morgan fingerprint density at radius 1 is 1.09 bits per heavy atom. The third kappa shape index (κ3) is 4.88. The molecule has 44 heavy (non-hydrogen) atoms. The molecule has 6 rings (SSSR count). The first-order valence-corrected chi connectivity index (χ1v) is 15.1. The van der Waals surface area contributed by atoms with Crippen molar-refractivity contribution in [2.24, 2.45) is 11.5 Å². The summed E-state index contributed by atoms with van der Waals surface area (Å²) < 4.78 is 6.34. The maximum atomic E-state index is 14.2. The van der Waals surface area contributed by atoms with Gasteiger partial charge in [0.15, 0.2) is 5.78 Å². The molecule has 0 radical (unpaired) electrons. The van der Waals surface area contributed by atoms with Crippen molar-refractivity contribution in [3.63, 3.8) is 0 Å². The lowest BCUT2D eigenvalue weighted by atomic mass is 9.70. The van der Waals surface area contributed by atoms with Crippen molar-refractivity contribution in [1.29, 1.82) is 0 Å². The van der Waals surface area contributed by atoms with Gasteiger partial charge >= 0.3 is 0 Å². The van der Waals surface area contributed by atoms with E-state index in [1.807, 2.05) is 0 Å². The van der Waals surface area contributed by atoms with Crippen LogP contribution in [0.5, 0.6) is 11.8 Å². The number of nitrogens with one attached hydrogen (secondary N) is 2. The number of ketones is 1. The van der Waals surface area contributed by atoms with E-state index < -0.39 is 17.4 Å². The lowest BCUT2D eigenvalue weighted by molar-refractivity contribution is -0.124. The van der Waals surface area contributed by atoms with E-state index in [2.05, 4.69) is 32.4 Å². The summed E-state index contributed by atoms with van der Waals surface area (Å²) in [5.74, 6) is -0.638. The Morgan fingerprint density at radius 3 is 2.50 bits per heavy atom. The molecule has 4 atom stereocenters. The number of anilines is 1. The Hall–Kier alpha value is -4.72. The maximum absolute atomic E-state index is 14.2. The van der Waals surface area contributed by atoms with Gasteiger partial charge in [0.25, 0.3) is 5.91 Å². The molecule has 13 heteroatoms. The van der Waals surface area contributed by atoms with Gasteiger partial charge in [-0.2, -0.15) is 5.10 Å². The molecule has 0 aliphatic heterocycles. The molecule has 1 saturated carbocycles. The minimum absolute atomic E-state index is 0.243. The lowest BCUT2D eigenvalue weighted by Gasteiger charge is -2.37. The lowest BCUT2D eigenvalue weighted by Crippen LogP contribution is -2.54. The molecule has 2 amide bonds. The van der Waals surface area contributed by atoms with Gasteiger partial charge in [0, 0.05) is 58.3 Å². The SMILES string of the molecule is C=CC(=O)N[C@H]1CCCC[C@H]1NC(=O)c1sc2c(N)ccc3c2c1C(N)C(=O)C3(N)c1ccc(Oc2cccnn2)nc1C. The van der Waals surface area contributed by atoms with Crippen LogP contribution in [-0.4, -0.2) is 44.9 Å². The zero-order valence-corrected chi connectivity index (χ0v) is 24.8. The van der Waals surface area contributed by atoms with Crippen LogP contribution in [0.4, 0.5) is 5.69 Å². The first kappa shape index (κ1) is 29.4. The van der Waals surface area contributed by atoms with Crippen molar-refractivity contribution < 1.29 is 19.1 Å². The third-order valence-corrected chi connectivity index (χ3v) is 9.61. The Morgan fingerprint density at radius 2 is 1.82 bits per heavy atom. The highest BCUT2D eigenvalue weighted by Crippen LogP contribution is 2.50. The molecule has 2 aliphatic rings. The fourth-order valence-corrected chi connectivity index (χ4v) is 7.44. The number of aryl methyl sites for hydroxylation is 1. The van der Waals surface area contributed by atoms with E-state index >= 15 is 0 Å². The highest BCUT2D eigenvalue weighted by atomic mass is 32.1. The van der Waals surface area contributed by atoms with E-state index in [9.17, 15) is 14.4 Å². The van der Waals surface area contributed by atoms with Crippen LogP contribution in [0, 0.1) is 6.92 Å². The number of nitrogens with two attached hydrogens (primary N) is 3. The summed E-state index contributed by atoms with van der Waals surface area (Å²) in [5, 5.41) is 14.3. The van der Waals surface area contributed by atoms with E-state index in [4.69, 9.17) is 21.9 Å². The van der Waals surface area contributed by atoms with Crippen LogP contribution in [0.25, 0.3) is 10.1 Å². The molecule has 2 aliphatic carbocycles. The third-order valence-electron chi connectivity index (χ3n) is 8.36. The quantitative estimate of drug-likeness (QED) is 0.153. The van der Waals surface area contributed by atoms with Crippen LogP contribution in [0.3, 0.4) is 0 Å². The van der Waals surface area contributed by atoms with Gasteiger partial charge in [0.2, 0.25) is 17.7 Å². The van der Waals surface area contributed by atoms with Crippen molar-refractivity contribution in [2.75, 3.05) is 5.73 Å². The molecule has 1 fully saturated rings. The molecule has 1 aromatic carbocycles. The molecule has 3 heterocycles. The highest BCUT2D eigenvalue weighted by molar-refractivity contribution is 7.21. The number of hydrogen-bond donors (Lipinski definition) is 5. The topological polar surface area (TPSA) is 201 Å². The summed E-state index contributed by atoms with van der Waals surface area (Å²) in [6.45, 7) is 5.26. The standard InChI is InChI=1S/C31H32N8O4S/c1-3-21(40)37-19-7-4-5-8-20(19)38-30(42)28-25-24-17(10-12-18(32)27(24)44-28)31(34,29(41)26(25)33)16-11-13-22(36-15(16)2)43-23-9-6-14-35-39-23/h3,6,9-14,19-20,26H,1,4-5,7-8,32-34H2,2H3,(H,37,40)(H,38,42)/t19-,20+,26?,31?/m0/s1. The predicted molar refractivity (Wildman–Crippen MR) is 166 cm³/mol. The Kier molecular flexibility index (Phi) is 7.61. The van der Waals surface area contributed by atoms with Crippen LogP contribution >= 0.6 is 11.3 Å². The van der Waals surface area contributed by atoms with Gasteiger partial charge in [0.1, 0.15) is 5.54 Å². The number of pyridine rings is 1. The van der Waals surface area contributed by atoms with Crippen molar-refractivity contribution in [3.8, 4) is 11.8 Å². The molecule has 2 unspecified atom stereocenters. The second-order valence-corrected chi connectivity index (χ2v) is 12.1.